The molecule has 0 aromatic rings. The normalized spacial score (nSPS) is 30.4. The van der Waals surface area contributed by atoms with E-state index in [1.54, 1.807) is 0 Å². The maximum absolute atomic E-state index is 8.60. The molecule has 1 aliphatic heterocycles. The number of aliphatic hydroxyl groups excluding tert-OH is 1. The molecule has 1 fully saturated rings. The van der Waals surface area contributed by atoms with Crippen LogP contribution in [0.3, 0.4) is 0 Å². The van der Waals surface area contributed by atoms with E-state index in [9.17, 15) is 0 Å². The largest absolute Gasteiger partial charge is 0.396 e. The highest BCUT2D eigenvalue weighted by molar-refractivity contribution is 4.82. The molecule has 0 spiro atoms. The first kappa shape index (κ1) is 6.05. The third-order valence-electron chi connectivity index (χ3n) is 1.39. The summed E-state index contributed by atoms with van der Waals surface area (Å²) < 4.78 is 0. The zero-order chi connectivity index (χ0) is 5.82. The molecule has 1 N–H and O–H groups in total. The zero-order valence-corrected chi connectivity index (χ0v) is 4.88. The van der Waals surface area contributed by atoms with E-state index < -0.39 is 0 Å². The van der Waals surface area contributed by atoms with E-state index in [4.69, 9.17) is 5.11 Å². The van der Waals surface area contributed by atoms with Crippen molar-refractivity contribution in [2.75, 3.05) is 19.7 Å². The number of nitrogens with zero attached hydrogens (tertiary/aromatic N) is 1. The fourth-order valence-corrected chi connectivity index (χ4v) is 0.865. The molecule has 2 radical (unpaired) electrons. The van der Waals surface area contributed by atoms with Crippen LogP contribution in [0.25, 0.3) is 0 Å². The summed E-state index contributed by atoms with van der Waals surface area (Å²) in [7, 11) is 0. The summed E-state index contributed by atoms with van der Waals surface area (Å²) in [6.45, 7) is 2.05. The Hall–Kier alpha value is -0.0800. The molecule has 8 heavy (non-hydrogen) atoms. The molecule has 0 bridgehead atoms. The van der Waals surface area contributed by atoms with Crippen LogP contribution in [0, 0.1) is 12.3 Å². The molecule has 0 aliphatic carbocycles. The van der Waals surface area contributed by atoms with Crippen molar-refractivity contribution in [2.24, 2.45) is 5.92 Å². The molecule has 1 unspecified atom stereocenters. The summed E-state index contributed by atoms with van der Waals surface area (Å²) in [6.07, 6.45) is 3.19. The predicted octanol–water partition coefficient (Wildman–Crippen LogP) is -0.193. The fourth-order valence-electron chi connectivity index (χ4n) is 0.865. The highest BCUT2D eigenvalue weighted by Gasteiger charge is 2.11. The van der Waals surface area contributed by atoms with Gasteiger partial charge in [-0.05, 0) is 18.8 Å². The lowest BCUT2D eigenvalue weighted by atomic mass is 10.0. The lowest BCUT2D eigenvalue weighted by Crippen LogP contribution is -2.26. The van der Waals surface area contributed by atoms with Crippen LogP contribution >= 0.6 is 0 Å². The highest BCUT2D eigenvalue weighted by atomic mass is 16.3. The van der Waals surface area contributed by atoms with Crippen LogP contribution < -0.4 is 5.32 Å². The minimum Gasteiger partial charge on any atom is -0.396 e. The van der Waals surface area contributed by atoms with Crippen LogP contribution in [0.4, 0.5) is 0 Å². The van der Waals surface area contributed by atoms with E-state index in [-0.39, 0.29) is 6.61 Å². The van der Waals surface area contributed by atoms with Crippen LogP contribution in [0.5, 0.6) is 0 Å². The van der Waals surface area contributed by atoms with Crippen LogP contribution in [-0.4, -0.2) is 24.8 Å². The van der Waals surface area contributed by atoms with Crippen LogP contribution in [-0.2, 0) is 0 Å². The van der Waals surface area contributed by atoms with Gasteiger partial charge in [-0.15, -0.1) is 0 Å². The van der Waals surface area contributed by atoms with E-state index in [0.29, 0.717) is 5.92 Å². The third kappa shape index (κ3) is 1.46. The lowest BCUT2D eigenvalue weighted by molar-refractivity contribution is 0.228. The van der Waals surface area contributed by atoms with Crippen LogP contribution in [0.1, 0.15) is 6.42 Å². The maximum Gasteiger partial charge on any atom is 0.0474 e. The lowest BCUT2D eigenvalue weighted by Gasteiger charge is -2.17. The van der Waals surface area contributed by atoms with Crippen molar-refractivity contribution < 1.29 is 5.11 Å². The second-order valence-corrected chi connectivity index (χ2v) is 2.10. The molecule has 0 amide bonds. The van der Waals surface area contributed by atoms with Crippen molar-refractivity contribution in [2.45, 2.75) is 6.42 Å². The van der Waals surface area contributed by atoms with Crippen molar-refractivity contribution in [3.8, 4) is 0 Å². The van der Waals surface area contributed by atoms with Gasteiger partial charge in [0.2, 0.25) is 0 Å². The van der Waals surface area contributed by atoms with E-state index in [1.807, 2.05) is 0 Å². The first-order chi connectivity index (χ1) is 3.93. The molecule has 2 nitrogen and oxygen atoms in total. The molecule has 1 aliphatic rings. The molecule has 0 saturated carbocycles. The summed E-state index contributed by atoms with van der Waals surface area (Å²) in [5.41, 5.74) is 0. The average molecular weight is 113 g/mol. The van der Waals surface area contributed by atoms with Gasteiger partial charge in [-0.25, -0.2) is 5.32 Å². The van der Waals surface area contributed by atoms with Gasteiger partial charge in [0.25, 0.3) is 0 Å². The minimum atomic E-state index is 0.267. The molecular weight excluding hydrogens is 102 g/mol. The summed E-state index contributed by atoms with van der Waals surface area (Å²) in [5.74, 6) is 0.351. The topological polar surface area (TPSA) is 34.3 Å². The van der Waals surface area contributed by atoms with Crippen LogP contribution in [0.15, 0.2) is 0 Å². The Morgan fingerprint density at radius 1 is 1.75 bits per heavy atom. The summed E-state index contributed by atoms with van der Waals surface area (Å²) in [6, 6.07) is 0. The Balaban J connectivity index is 2.13. The van der Waals surface area contributed by atoms with Crippen LogP contribution in [0.2, 0.25) is 0 Å². The van der Waals surface area contributed by atoms with E-state index in [1.165, 1.54) is 0 Å². The Morgan fingerprint density at radius 3 is 3.00 bits per heavy atom. The van der Waals surface area contributed by atoms with Crippen molar-refractivity contribution >= 4 is 0 Å². The highest BCUT2D eigenvalue weighted by Crippen LogP contribution is 2.07. The standard InChI is InChI=1S/C6H11NO/c8-5-6-2-1-3-7-4-6/h2,6,8H,1,3-5H2. The van der Waals surface area contributed by atoms with Gasteiger partial charge in [-0.3, -0.25) is 0 Å². The second kappa shape index (κ2) is 3.05. The van der Waals surface area contributed by atoms with Gasteiger partial charge in [0.15, 0.2) is 0 Å². The SMILES string of the molecule is OCC1[CH]CC[N]C1. The first-order valence-corrected chi connectivity index (χ1v) is 3.01. The Morgan fingerprint density at radius 2 is 2.62 bits per heavy atom. The van der Waals surface area contributed by atoms with E-state index in [0.717, 1.165) is 19.5 Å². The van der Waals surface area contributed by atoms with Gasteiger partial charge in [0.1, 0.15) is 0 Å². The fraction of sp³-hybridized carbons (Fsp3) is 0.833. The summed E-state index contributed by atoms with van der Waals surface area (Å²) >= 11 is 0. The monoisotopic (exact) mass is 113 g/mol. The molecule has 1 saturated heterocycles. The number of aliphatic hydroxyl groups is 1. The first-order valence-electron chi connectivity index (χ1n) is 3.01. The van der Waals surface area contributed by atoms with Crippen molar-refractivity contribution in [1.29, 1.82) is 0 Å². The molecule has 1 rings (SSSR count). The van der Waals surface area contributed by atoms with Gasteiger partial charge >= 0.3 is 0 Å². The molecular formula is C6H11NO. The van der Waals surface area contributed by atoms with Gasteiger partial charge in [0.05, 0.1) is 0 Å². The van der Waals surface area contributed by atoms with Gasteiger partial charge in [-0.2, -0.15) is 0 Å². The molecule has 0 aromatic heterocycles. The number of rotatable bonds is 1. The number of piperidine rings is 1. The van der Waals surface area contributed by atoms with Gasteiger partial charge in [-0.1, -0.05) is 0 Å². The predicted molar refractivity (Wildman–Crippen MR) is 31.4 cm³/mol. The molecule has 1 heterocycles. The van der Waals surface area contributed by atoms with Crippen molar-refractivity contribution in [3.63, 3.8) is 0 Å². The number of hydrogen-bond acceptors (Lipinski definition) is 1. The van der Waals surface area contributed by atoms with Gasteiger partial charge in [0, 0.05) is 19.7 Å². The quantitative estimate of drug-likeness (QED) is 0.502. The van der Waals surface area contributed by atoms with E-state index >= 15 is 0 Å². The Kier molecular flexibility index (Phi) is 2.30. The smallest absolute Gasteiger partial charge is 0.0474 e. The molecule has 1 atom stereocenters. The second-order valence-electron chi connectivity index (χ2n) is 2.10. The average Bonchev–Trinajstić information content (AvgIpc) is 1.90. The Labute approximate surface area is 49.9 Å². The maximum atomic E-state index is 8.60. The third-order valence-corrected chi connectivity index (χ3v) is 1.39. The molecule has 46 valence electrons. The zero-order valence-electron chi connectivity index (χ0n) is 4.88. The summed E-state index contributed by atoms with van der Waals surface area (Å²) in [5, 5.41) is 12.7. The van der Waals surface area contributed by atoms with E-state index in [2.05, 4.69) is 11.7 Å². The Bertz CT molecular complexity index is 59.5. The molecule has 2 heteroatoms. The number of hydrogen-bond donors (Lipinski definition) is 1. The van der Waals surface area contributed by atoms with Crippen molar-refractivity contribution in [1.82, 2.24) is 5.32 Å². The van der Waals surface area contributed by atoms with Gasteiger partial charge < -0.3 is 5.11 Å². The van der Waals surface area contributed by atoms with Crippen molar-refractivity contribution in [3.05, 3.63) is 6.42 Å². The molecule has 0 aromatic carbocycles. The minimum absolute atomic E-state index is 0.267. The summed E-state index contributed by atoms with van der Waals surface area (Å²) in [4.78, 5) is 0.